The second kappa shape index (κ2) is 8.26. The second-order valence-electron chi connectivity index (χ2n) is 4.53. The minimum atomic E-state index is -3.23. The van der Waals surface area contributed by atoms with Gasteiger partial charge in [0.15, 0.2) is 0 Å². The van der Waals surface area contributed by atoms with Crippen LogP contribution in [0.1, 0.15) is 36.5 Å². The van der Waals surface area contributed by atoms with Crippen molar-refractivity contribution in [2.24, 2.45) is 0 Å². The van der Waals surface area contributed by atoms with E-state index in [-0.39, 0.29) is 12.0 Å². The van der Waals surface area contributed by atoms with Crippen LogP contribution in [0.25, 0.3) is 0 Å². The molecule has 0 heterocycles. The average molecular weight is 319 g/mol. The molecule has 1 amide bonds. The summed E-state index contributed by atoms with van der Waals surface area (Å²) in [6, 6.07) is 1.34. The number of amides is 1. The number of carboxylic acids is 1. The predicted molar refractivity (Wildman–Crippen MR) is 71.4 cm³/mol. The van der Waals surface area contributed by atoms with Gasteiger partial charge in [-0.05, 0) is 18.6 Å². The maximum absolute atomic E-state index is 13.1. The molecule has 0 aliphatic carbocycles. The van der Waals surface area contributed by atoms with E-state index in [4.69, 9.17) is 5.11 Å². The third-order valence-electron chi connectivity index (χ3n) is 2.85. The summed E-state index contributed by atoms with van der Waals surface area (Å²) in [7, 11) is 0. The van der Waals surface area contributed by atoms with Gasteiger partial charge < -0.3 is 15.2 Å². The third kappa shape index (κ3) is 5.27. The largest absolute Gasteiger partial charge is 0.480 e. The zero-order valence-corrected chi connectivity index (χ0v) is 11.8. The molecular weight excluding hydrogens is 303 g/mol. The molecule has 0 fully saturated rings. The predicted octanol–water partition coefficient (Wildman–Crippen LogP) is 2.80. The molecule has 1 atom stereocenters. The average Bonchev–Trinajstić information content (AvgIpc) is 2.42. The first-order valence-electron chi connectivity index (χ1n) is 6.63. The van der Waals surface area contributed by atoms with Crippen molar-refractivity contribution in [2.75, 3.05) is 0 Å². The Kier molecular flexibility index (Phi) is 6.68. The molecule has 0 aliphatic rings. The molecule has 0 radical (unpaired) electrons. The summed E-state index contributed by atoms with van der Waals surface area (Å²) in [5.41, 5.74) is -0.357. The molecule has 1 unspecified atom stereocenters. The van der Waals surface area contributed by atoms with Crippen LogP contribution in [0.4, 0.5) is 13.2 Å². The van der Waals surface area contributed by atoms with Crippen molar-refractivity contribution in [1.29, 1.82) is 0 Å². The van der Waals surface area contributed by atoms with Gasteiger partial charge in [-0.3, -0.25) is 4.79 Å². The fraction of sp³-hybridized carbons (Fsp3) is 0.429. The van der Waals surface area contributed by atoms with Gasteiger partial charge in [0.1, 0.15) is 17.6 Å². The molecule has 0 aliphatic heterocycles. The second-order valence-corrected chi connectivity index (χ2v) is 4.53. The quantitative estimate of drug-likeness (QED) is 0.772. The summed E-state index contributed by atoms with van der Waals surface area (Å²) >= 11 is 0. The molecule has 8 heteroatoms. The molecule has 1 aromatic rings. The van der Waals surface area contributed by atoms with E-state index in [0.29, 0.717) is 12.5 Å². The monoisotopic (exact) mass is 319 g/mol. The summed E-state index contributed by atoms with van der Waals surface area (Å²) < 4.78 is 41.7. The first-order valence-corrected chi connectivity index (χ1v) is 6.63. The van der Waals surface area contributed by atoms with E-state index in [0.717, 1.165) is 18.6 Å². The number of carboxylic acid groups (broad SMARTS) is 1. The Balaban J connectivity index is 2.93. The van der Waals surface area contributed by atoms with Gasteiger partial charge in [0.2, 0.25) is 0 Å². The van der Waals surface area contributed by atoms with Crippen LogP contribution >= 0.6 is 0 Å². The van der Waals surface area contributed by atoms with Crippen LogP contribution in [0.5, 0.6) is 5.75 Å². The molecule has 2 N–H and O–H groups in total. The first-order chi connectivity index (χ1) is 10.3. The highest BCUT2D eigenvalue weighted by Gasteiger charge is 2.23. The number of aliphatic carboxylic acids is 1. The highest BCUT2D eigenvalue weighted by molar-refractivity contribution is 5.98. The number of carbonyl (C=O) groups excluding carboxylic acids is 1. The fourth-order valence-corrected chi connectivity index (χ4v) is 1.78. The molecule has 0 bridgehead atoms. The summed E-state index contributed by atoms with van der Waals surface area (Å²) in [4.78, 5) is 23.1. The standard InChI is InChI=1S/C14H16F3NO4/c1-2-3-4-10(13(20)21)18-12(19)9-6-5-8(15)7-11(9)22-14(16)17/h5-7,10,14H,2-4H2,1H3,(H,18,19)(H,20,21). The highest BCUT2D eigenvalue weighted by Crippen LogP contribution is 2.22. The number of benzene rings is 1. The van der Waals surface area contributed by atoms with Gasteiger partial charge in [-0.15, -0.1) is 0 Å². The number of nitrogens with one attached hydrogen (secondary N) is 1. The molecule has 122 valence electrons. The Labute approximate surface area is 125 Å². The van der Waals surface area contributed by atoms with E-state index >= 15 is 0 Å². The van der Waals surface area contributed by atoms with Crippen LogP contribution in [0, 0.1) is 5.82 Å². The lowest BCUT2D eigenvalue weighted by molar-refractivity contribution is -0.139. The van der Waals surface area contributed by atoms with E-state index < -0.39 is 36.1 Å². The van der Waals surface area contributed by atoms with Crippen molar-refractivity contribution in [3.8, 4) is 5.75 Å². The Hall–Kier alpha value is -2.25. The number of unbranched alkanes of at least 4 members (excludes halogenated alkanes) is 1. The van der Waals surface area contributed by atoms with Gasteiger partial charge in [-0.25, -0.2) is 9.18 Å². The van der Waals surface area contributed by atoms with E-state index in [2.05, 4.69) is 10.1 Å². The maximum atomic E-state index is 13.1. The van der Waals surface area contributed by atoms with Crippen LogP contribution in [0.15, 0.2) is 18.2 Å². The van der Waals surface area contributed by atoms with Gasteiger partial charge in [0.05, 0.1) is 5.56 Å². The van der Waals surface area contributed by atoms with E-state index in [9.17, 15) is 22.8 Å². The van der Waals surface area contributed by atoms with Gasteiger partial charge in [0.25, 0.3) is 5.91 Å². The topological polar surface area (TPSA) is 75.6 Å². The fourth-order valence-electron chi connectivity index (χ4n) is 1.78. The Morgan fingerprint density at radius 2 is 2.05 bits per heavy atom. The third-order valence-corrected chi connectivity index (χ3v) is 2.85. The minimum absolute atomic E-state index is 0.198. The lowest BCUT2D eigenvalue weighted by Crippen LogP contribution is -2.40. The molecule has 5 nitrogen and oxygen atoms in total. The highest BCUT2D eigenvalue weighted by atomic mass is 19.3. The van der Waals surface area contributed by atoms with Gasteiger partial charge in [-0.2, -0.15) is 8.78 Å². The van der Waals surface area contributed by atoms with Crippen molar-refractivity contribution in [3.63, 3.8) is 0 Å². The molecule has 0 aromatic heterocycles. The molecule has 0 saturated carbocycles. The molecule has 0 saturated heterocycles. The van der Waals surface area contributed by atoms with Gasteiger partial charge in [-0.1, -0.05) is 19.8 Å². The van der Waals surface area contributed by atoms with Gasteiger partial charge >= 0.3 is 12.6 Å². The summed E-state index contributed by atoms with van der Waals surface area (Å²) in [5, 5.41) is 11.2. The van der Waals surface area contributed by atoms with Crippen molar-refractivity contribution >= 4 is 11.9 Å². The SMILES string of the molecule is CCCCC(NC(=O)c1ccc(F)cc1OC(F)F)C(=O)O. The molecule has 0 spiro atoms. The molecular formula is C14H16F3NO4. The van der Waals surface area contributed by atoms with E-state index in [1.54, 1.807) is 0 Å². The van der Waals surface area contributed by atoms with Gasteiger partial charge in [0, 0.05) is 6.07 Å². The summed E-state index contributed by atoms with van der Waals surface area (Å²) in [6.45, 7) is -1.38. The van der Waals surface area contributed by atoms with Crippen LogP contribution in [-0.2, 0) is 4.79 Å². The molecule has 22 heavy (non-hydrogen) atoms. The zero-order chi connectivity index (χ0) is 16.7. The van der Waals surface area contributed by atoms with Crippen LogP contribution < -0.4 is 10.1 Å². The molecule has 1 aromatic carbocycles. The summed E-state index contributed by atoms with van der Waals surface area (Å²) in [5.74, 6) is -3.65. The number of rotatable bonds is 8. The van der Waals surface area contributed by atoms with Crippen molar-refractivity contribution in [2.45, 2.75) is 38.8 Å². The van der Waals surface area contributed by atoms with E-state index in [1.807, 2.05) is 6.92 Å². The van der Waals surface area contributed by atoms with E-state index in [1.165, 1.54) is 0 Å². The Morgan fingerprint density at radius 1 is 1.36 bits per heavy atom. The zero-order valence-electron chi connectivity index (χ0n) is 11.8. The minimum Gasteiger partial charge on any atom is -0.480 e. The number of halogens is 3. The Bertz CT molecular complexity index is 537. The molecule has 1 rings (SSSR count). The summed E-state index contributed by atoms with van der Waals surface area (Å²) in [6.07, 6.45) is 1.50. The van der Waals surface area contributed by atoms with Crippen LogP contribution in [0.2, 0.25) is 0 Å². The van der Waals surface area contributed by atoms with Crippen LogP contribution in [-0.4, -0.2) is 29.6 Å². The van der Waals surface area contributed by atoms with Crippen LogP contribution in [0.3, 0.4) is 0 Å². The lowest BCUT2D eigenvalue weighted by atomic mass is 10.1. The number of alkyl halides is 2. The number of hydrogen-bond acceptors (Lipinski definition) is 3. The maximum Gasteiger partial charge on any atom is 0.387 e. The van der Waals surface area contributed by atoms with Crippen molar-refractivity contribution in [3.05, 3.63) is 29.6 Å². The first kappa shape index (κ1) is 17.8. The number of carbonyl (C=O) groups is 2. The number of hydrogen-bond donors (Lipinski definition) is 2. The number of ether oxygens (including phenoxy) is 1. The normalized spacial score (nSPS) is 12.0. The smallest absolute Gasteiger partial charge is 0.387 e. The van der Waals surface area contributed by atoms with Crippen molar-refractivity contribution in [1.82, 2.24) is 5.32 Å². The Morgan fingerprint density at radius 3 is 2.59 bits per heavy atom. The van der Waals surface area contributed by atoms with Crippen molar-refractivity contribution < 1.29 is 32.6 Å². The lowest BCUT2D eigenvalue weighted by Gasteiger charge is -2.16.